The zero-order chi connectivity index (χ0) is 11.5. The smallest absolute Gasteiger partial charge is 0.0702 e. The summed E-state index contributed by atoms with van der Waals surface area (Å²) in [7, 11) is 2.00. The van der Waals surface area contributed by atoms with E-state index in [9.17, 15) is 5.11 Å². The average Bonchev–Trinajstić information content (AvgIpc) is 2.81. The van der Waals surface area contributed by atoms with E-state index in [1.165, 1.54) is 0 Å². The summed E-state index contributed by atoms with van der Waals surface area (Å²) in [5.41, 5.74) is 1.78. The van der Waals surface area contributed by atoms with Crippen LogP contribution in [0.5, 0.6) is 0 Å². The number of benzene rings is 1. The number of aliphatic hydroxyl groups is 1. The van der Waals surface area contributed by atoms with Crippen molar-refractivity contribution in [1.82, 2.24) is 0 Å². The van der Waals surface area contributed by atoms with Crippen molar-refractivity contribution in [3.05, 3.63) is 28.8 Å². The second-order valence-corrected chi connectivity index (χ2v) is 4.44. The van der Waals surface area contributed by atoms with Gasteiger partial charge in [-0.3, -0.25) is 0 Å². The Morgan fingerprint density at radius 1 is 1.56 bits per heavy atom. The summed E-state index contributed by atoms with van der Waals surface area (Å²) >= 11 is 6.19. The molecule has 88 valence electrons. The Bertz CT molecular complexity index is 364. The first-order chi connectivity index (χ1) is 7.74. The Morgan fingerprint density at radius 3 is 3.00 bits per heavy atom. The molecule has 16 heavy (non-hydrogen) atoms. The number of anilines is 1. The number of rotatable bonds is 3. The van der Waals surface area contributed by atoms with Crippen LogP contribution in [0.2, 0.25) is 5.02 Å². The molecule has 1 unspecified atom stereocenters. The minimum absolute atomic E-state index is 0.00775. The molecule has 1 saturated heterocycles. The van der Waals surface area contributed by atoms with Crippen molar-refractivity contribution in [2.45, 2.75) is 19.1 Å². The number of halogens is 1. The van der Waals surface area contributed by atoms with Crippen LogP contribution in [0.25, 0.3) is 0 Å². The number of aliphatic hydroxyl groups excluding tert-OH is 1. The summed E-state index contributed by atoms with van der Waals surface area (Å²) in [5, 5.41) is 10.00. The van der Waals surface area contributed by atoms with Gasteiger partial charge in [0, 0.05) is 19.2 Å². The van der Waals surface area contributed by atoms with Crippen molar-refractivity contribution in [2.24, 2.45) is 0 Å². The molecule has 1 atom stereocenters. The molecular weight excluding hydrogens is 226 g/mol. The zero-order valence-corrected chi connectivity index (χ0v) is 10.1. The van der Waals surface area contributed by atoms with Crippen molar-refractivity contribution in [3.63, 3.8) is 0 Å². The Morgan fingerprint density at radius 2 is 2.38 bits per heavy atom. The van der Waals surface area contributed by atoms with Crippen molar-refractivity contribution < 1.29 is 9.84 Å². The highest BCUT2D eigenvalue weighted by Gasteiger charge is 2.23. The molecule has 1 aromatic rings. The summed E-state index contributed by atoms with van der Waals surface area (Å²) in [4.78, 5) is 2.11. The normalized spacial score (nSPS) is 20.1. The summed E-state index contributed by atoms with van der Waals surface area (Å²) in [5.74, 6) is 0. The molecule has 1 heterocycles. The van der Waals surface area contributed by atoms with Gasteiger partial charge in [-0.25, -0.2) is 0 Å². The van der Waals surface area contributed by atoms with Gasteiger partial charge in [-0.15, -0.1) is 0 Å². The maximum atomic E-state index is 9.32. The lowest BCUT2D eigenvalue weighted by Crippen LogP contribution is -2.32. The summed E-state index contributed by atoms with van der Waals surface area (Å²) in [6, 6.07) is 5.96. The van der Waals surface area contributed by atoms with E-state index in [1.807, 2.05) is 25.2 Å². The molecule has 2 rings (SSSR count). The number of ether oxygens (including phenoxy) is 1. The minimum atomic E-state index is 0.00775. The van der Waals surface area contributed by atoms with Gasteiger partial charge in [0.1, 0.15) is 0 Å². The van der Waals surface area contributed by atoms with Crippen LogP contribution >= 0.6 is 11.6 Å². The summed E-state index contributed by atoms with van der Waals surface area (Å²) < 4.78 is 5.37. The van der Waals surface area contributed by atoms with Crippen molar-refractivity contribution >= 4 is 17.3 Å². The zero-order valence-electron chi connectivity index (χ0n) is 9.32. The van der Waals surface area contributed by atoms with Gasteiger partial charge in [-0.2, -0.15) is 0 Å². The Kier molecular flexibility index (Phi) is 3.69. The maximum Gasteiger partial charge on any atom is 0.0702 e. The van der Waals surface area contributed by atoms with Gasteiger partial charge in [-0.05, 0) is 12.5 Å². The highest BCUT2D eigenvalue weighted by atomic mass is 35.5. The van der Waals surface area contributed by atoms with E-state index in [1.54, 1.807) is 0 Å². The quantitative estimate of drug-likeness (QED) is 0.879. The van der Waals surface area contributed by atoms with E-state index in [-0.39, 0.29) is 6.61 Å². The third kappa shape index (κ3) is 2.17. The fourth-order valence-electron chi connectivity index (χ4n) is 2.09. The standard InChI is InChI=1S/C12H16ClNO2/c1-14(10-5-6-16-8-10)12-9(7-15)3-2-4-11(12)13/h2-4,10,15H,5-8H2,1H3. The van der Waals surface area contributed by atoms with Crippen LogP contribution in [-0.4, -0.2) is 31.4 Å². The maximum absolute atomic E-state index is 9.32. The van der Waals surface area contributed by atoms with Gasteiger partial charge in [0.15, 0.2) is 0 Å². The van der Waals surface area contributed by atoms with Crippen LogP contribution in [0.3, 0.4) is 0 Å². The van der Waals surface area contributed by atoms with Gasteiger partial charge >= 0.3 is 0 Å². The molecule has 0 saturated carbocycles. The number of hydrogen-bond donors (Lipinski definition) is 1. The van der Waals surface area contributed by atoms with Gasteiger partial charge in [0.05, 0.1) is 30.0 Å². The molecule has 0 spiro atoms. The fraction of sp³-hybridized carbons (Fsp3) is 0.500. The molecule has 0 radical (unpaired) electrons. The van der Waals surface area contributed by atoms with E-state index >= 15 is 0 Å². The highest BCUT2D eigenvalue weighted by Crippen LogP contribution is 2.31. The van der Waals surface area contributed by atoms with Crippen LogP contribution in [-0.2, 0) is 11.3 Å². The molecular formula is C12H16ClNO2. The van der Waals surface area contributed by atoms with Crippen molar-refractivity contribution in [3.8, 4) is 0 Å². The lowest BCUT2D eigenvalue weighted by molar-refractivity contribution is 0.193. The monoisotopic (exact) mass is 241 g/mol. The number of para-hydroxylation sites is 1. The van der Waals surface area contributed by atoms with Crippen LogP contribution in [0, 0.1) is 0 Å². The van der Waals surface area contributed by atoms with E-state index in [4.69, 9.17) is 16.3 Å². The molecule has 1 N–H and O–H groups in total. The summed E-state index contributed by atoms with van der Waals surface area (Å²) in [6.07, 6.45) is 1.01. The highest BCUT2D eigenvalue weighted by molar-refractivity contribution is 6.33. The Labute approximate surface area is 101 Å². The SMILES string of the molecule is CN(c1c(Cl)cccc1CO)C1CCOC1. The molecule has 4 heteroatoms. The predicted octanol–water partition coefficient (Wildman–Crippen LogP) is 2.06. The molecule has 0 bridgehead atoms. The van der Waals surface area contributed by atoms with Crippen LogP contribution in [0.4, 0.5) is 5.69 Å². The van der Waals surface area contributed by atoms with Crippen LogP contribution in [0.15, 0.2) is 18.2 Å². The first-order valence-electron chi connectivity index (χ1n) is 5.43. The Hall–Kier alpha value is -0.770. The molecule has 3 nitrogen and oxygen atoms in total. The second-order valence-electron chi connectivity index (χ2n) is 4.03. The molecule has 0 amide bonds. The number of hydrogen-bond acceptors (Lipinski definition) is 3. The molecule has 0 aromatic heterocycles. The third-order valence-corrected chi connectivity index (χ3v) is 3.35. The van der Waals surface area contributed by atoms with Crippen molar-refractivity contribution in [2.75, 3.05) is 25.2 Å². The summed E-state index contributed by atoms with van der Waals surface area (Å²) in [6.45, 7) is 1.54. The number of likely N-dealkylation sites (N-methyl/N-ethyl adjacent to an activating group) is 1. The molecule has 1 aliphatic rings. The average molecular weight is 242 g/mol. The topological polar surface area (TPSA) is 32.7 Å². The first kappa shape index (κ1) is 11.7. The second kappa shape index (κ2) is 5.04. The molecule has 1 fully saturated rings. The minimum Gasteiger partial charge on any atom is -0.392 e. The van der Waals surface area contributed by atoms with E-state index in [2.05, 4.69) is 4.90 Å². The lowest BCUT2D eigenvalue weighted by Gasteiger charge is -2.28. The largest absolute Gasteiger partial charge is 0.392 e. The van der Waals surface area contributed by atoms with Crippen LogP contribution < -0.4 is 4.90 Å². The van der Waals surface area contributed by atoms with E-state index < -0.39 is 0 Å². The predicted molar refractivity (Wildman–Crippen MR) is 65.0 cm³/mol. The van der Waals surface area contributed by atoms with E-state index in [0.717, 1.165) is 30.9 Å². The first-order valence-corrected chi connectivity index (χ1v) is 5.80. The van der Waals surface area contributed by atoms with Gasteiger partial charge in [0.25, 0.3) is 0 Å². The van der Waals surface area contributed by atoms with Gasteiger partial charge in [-0.1, -0.05) is 23.7 Å². The van der Waals surface area contributed by atoms with Gasteiger partial charge < -0.3 is 14.7 Å². The number of nitrogens with zero attached hydrogens (tertiary/aromatic N) is 1. The van der Waals surface area contributed by atoms with E-state index in [0.29, 0.717) is 11.1 Å². The lowest BCUT2D eigenvalue weighted by atomic mass is 10.1. The Balaban J connectivity index is 2.30. The molecule has 0 aliphatic carbocycles. The van der Waals surface area contributed by atoms with Crippen LogP contribution in [0.1, 0.15) is 12.0 Å². The van der Waals surface area contributed by atoms with Gasteiger partial charge in [0.2, 0.25) is 0 Å². The fourth-order valence-corrected chi connectivity index (χ4v) is 2.42. The molecule has 1 aromatic carbocycles. The molecule has 1 aliphatic heterocycles. The van der Waals surface area contributed by atoms with Crippen molar-refractivity contribution in [1.29, 1.82) is 0 Å². The third-order valence-electron chi connectivity index (χ3n) is 3.05.